The van der Waals surface area contributed by atoms with E-state index in [1.54, 1.807) is 19.1 Å². The van der Waals surface area contributed by atoms with E-state index >= 15 is 0 Å². The number of nitrogens with zero attached hydrogens (tertiary/aromatic N) is 2. The number of nitriles is 1. The first-order chi connectivity index (χ1) is 14.8. The SMILES string of the molecule is CCOC(=O)c1ccc(N2C=CCC2(C#N)CO[Si]c2ccccc2C(C)(C)C)cc1. The zero-order chi connectivity index (χ0) is 22.5. The van der Waals surface area contributed by atoms with Gasteiger partial charge in [-0.3, -0.25) is 0 Å². The molecule has 0 aliphatic carbocycles. The van der Waals surface area contributed by atoms with Gasteiger partial charge >= 0.3 is 5.97 Å². The Morgan fingerprint density at radius 1 is 1.19 bits per heavy atom. The van der Waals surface area contributed by atoms with Crippen molar-refractivity contribution in [3.05, 3.63) is 71.9 Å². The number of hydrogen-bond acceptors (Lipinski definition) is 5. The van der Waals surface area contributed by atoms with Gasteiger partial charge in [-0.1, -0.05) is 51.1 Å². The Morgan fingerprint density at radius 2 is 1.90 bits per heavy atom. The molecule has 0 aromatic heterocycles. The predicted molar refractivity (Wildman–Crippen MR) is 123 cm³/mol. The second-order valence-electron chi connectivity index (χ2n) is 8.56. The Kier molecular flexibility index (Phi) is 6.99. The molecule has 1 aliphatic heterocycles. The van der Waals surface area contributed by atoms with Gasteiger partial charge < -0.3 is 14.1 Å². The number of rotatable bonds is 7. The lowest BCUT2D eigenvalue weighted by atomic mass is 9.87. The van der Waals surface area contributed by atoms with E-state index in [1.165, 1.54) is 10.8 Å². The molecule has 2 radical (unpaired) electrons. The molecule has 2 aromatic rings. The molecule has 2 aromatic carbocycles. The molecule has 1 unspecified atom stereocenters. The fourth-order valence-electron chi connectivity index (χ4n) is 3.62. The molecule has 0 saturated heterocycles. The van der Waals surface area contributed by atoms with Crippen LogP contribution in [-0.2, 0) is 14.6 Å². The van der Waals surface area contributed by atoms with E-state index in [-0.39, 0.29) is 27.8 Å². The maximum Gasteiger partial charge on any atom is 0.338 e. The maximum absolute atomic E-state index is 11.9. The zero-order valence-corrected chi connectivity index (χ0v) is 19.5. The number of carbonyl (C=O) groups excluding carboxylic acids is 1. The van der Waals surface area contributed by atoms with Gasteiger partial charge in [-0.25, -0.2) is 4.79 Å². The quantitative estimate of drug-likeness (QED) is 0.487. The normalized spacial score (nSPS) is 18.1. The Morgan fingerprint density at radius 3 is 2.55 bits per heavy atom. The first-order valence-corrected chi connectivity index (χ1v) is 11.3. The smallest absolute Gasteiger partial charge is 0.338 e. The lowest BCUT2D eigenvalue weighted by Crippen LogP contribution is -2.47. The first-order valence-electron chi connectivity index (χ1n) is 10.4. The minimum absolute atomic E-state index is 0.0293. The summed E-state index contributed by atoms with van der Waals surface area (Å²) in [5.74, 6) is -0.348. The van der Waals surface area contributed by atoms with Crippen molar-refractivity contribution in [3.63, 3.8) is 0 Å². The molecule has 31 heavy (non-hydrogen) atoms. The monoisotopic (exact) mass is 432 g/mol. The third-order valence-corrected chi connectivity index (χ3v) is 6.21. The van der Waals surface area contributed by atoms with E-state index < -0.39 is 5.54 Å². The third kappa shape index (κ3) is 5.06. The van der Waals surface area contributed by atoms with Crippen LogP contribution in [-0.4, -0.2) is 34.5 Å². The molecule has 6 heteroatoms. The standard InChI is InChI=1S/C25H28N2O3Si/c1-5-29-23(28)19-11-13-20(14-12-19)27-16-8-15-25(27,17-26)18-30-31-22-10-7-6-9-21(22)24(2,3)4/h6-14,16H,5,15,18H2,1-4H3. The number of esters is 1. The van der Waals surface area contributed by atoms with Gasteiger partial charge in [0.25, 0.3) is 9.76 Å². The summed E-state index contributed by atoms with van der Waals surface area (Å²) in [6.45, 7) is 8.97. The molecule has 0 spiro atoms. The second-order valence-corrected chi connectivity index (χ2v) is 9.59. The molecule has 0 N–H and O–H groups in total. The van der Waals surface area contributed by atoms with Crippen LogP contribution in [0.15, 0.2) is 60.8 Å². The molecule has 0 bridgehead atoms. The minimum Gasteiger partial charge on any atom is -0.462 e. The van der Waals surface area contributed by atoms with Crippen molar-refractivity contribution < 1.29 is 14.0 Å². The Bertz CT molecular complexity index is 989. The topological polar surface area (TPSA) is 62.6 Å². The maximum atomic E-state index is 11.9. The fourth-order valence-corrected chi connectivity index (χ4v) is 4.82. The molecule has 1 atom stereocenters. The number of benzene rings is 2. The van der Waals surface area contributed by atoms with E-state index in [0.717, 1.165) is 5.69 Å². The van der Waals surface area contributed by atoms with Crippen molar-refractivity contribution in [1.29, 1.82) is 5.26 Å². The molecular weight excluding hydrogens is 404 g/mol. The number of ether oxygens (including phenoxy) is 1. The van der Waals surface area contributed by atoms with Crippen LogP contribution in [0, 0.1) is 11.3 Å². The van der Waals surface area contributed by atoms with Crippen molar-refractivity contribution in [2.45, 2.75) is 45.1 Å². The average molecular weight is 433 g/mol. The van der Waals surface area contributed by atoms with E-state index in [4.69, 9.17) is 9.16 Å². The summed E-state index contributed by atoms with van der Waals surface area (Å²) in [6.07, 6.45) is 4.48. The highest BCUT2D eigenvalue weighted by Gasteiger charge is 2.39. The lowest BCUT2D eigenvalue weighted by Gasteiger charge is -2.33. The number of hydrogen-bond donors (Lipinski definition) is 0. The summed E-state index contributed by atoms with van der Waals surface area (Å²) < 4.78 is 11.2. The summed E-state index contributed by atoms with van der Waals surface area (Å²) in [6, 6.07) is 17.9. The average Bonchev–Trinajstić information content (AvgIpc) is 3.18. The van der Waals surface area contributed by atoms with Crippen molar-refractivity contribution >= 4 is 26.6 Å². The van der Waals surface area contributed by atoms with Gasteiger partial charge in [0.1, 0.15) is 0 Å². The van der Waals surface area contributed by atoms with Gasteiger partial charge in [0.15, 0.2) is 5.54 Å². The molecule has 0 saturated carbocycles. The molecule has 3 rings (SSSR count). The van der Waals surface area contributed by atoms with E-state index in [2.05, 4.69) is 39.0 Å². The second kappa shape index (κ2) is 9.50. The van der Waals surface area contributed by atoms with Crippen molar-refractivity contribution in [2.75, 3.05) is 18.1 Å². The fraction of sp³-hybridized carbons (Fsp3) is 0.360. The highest BCUT2D eigenvalue weighted by Crippen LogP contribution is 2.33. The Balaban J connectivity index is 1.73. The molecule has 1 heterocycles. The van der Waals surface area contributed by atoms with Crippen LogP contribution in [0.4, 0.5) is 5.69 Å². The molecule has 0 fully saturated rings. The van der Waals surface area contributed by atoms with Crippen LogP contribution in [0.1, 0.15) is 50.0 Å². The van der Waals surface area contributed by atoms with Gasteiger partial charge in [0.05, 0.1) is 24.8 Å². The lowest BCUT2D eigenvalue weighted by molar-refractivity contribution is 0.0526. The molecule has 1 aliphatic rings. The highest BCUT2D eigenvalue weighted by atomic mass is 28.2. The van der Waals surface area contributed by atoms with Crippen LogP contribution in [0.5, 0.6) is 0 Å². The predicted octanol–water partition coefficient (Wildman–Crippen LogP) is 4.11. The van der Waals surface area contributed by atoms with Gasteiger partial charge in [-0.15, -0.1) is 0 Å². The van der Waals surface area contributed by atoms with Crippen molar-refractivity contribution in [1.82, 2.24) is 0 Å². The Hall–Kier alpha value is -2.88. The number of anilines is 1. The Labute approximate surface area is 187 Å². The highest BCUT2D eigenvalue weighted by molar-refractivity contribution is 6.47. The van der Waals surface area contributed by atoms with Crippen molar-refractivity contribution in [2.24, 2.45) is 0 Å². The van der Waals surface area contributed by atoms with Crippen LogP contribution in [0.25, 0.3) is 0 Å². The molecule has 160 valence electrons. The first kappa shape index (κ1) is 22.8. The van der Waals surface area contributed by atoms with Crippen molar-refractivity contribution in [3.8, 4) is 6.07 Å². The van der Waals surface area contributed by atoms with Crippen LogP contribution in [0.3, 0.4) is 0 Å². The van der Waals surface area contributed by atoms with Gasteiger partial charge in [0, 0.05) is 18.3 Å². The summed E-state index contributed by atoms with van der Waals surface area (Å²) in [5, 5.41) is 11.2. The molecular formula is C25H28N2O3Si. The zero-order valence-electron chi connectivity index (χ0n) is 18.5. The summed E-state index contributed by atoms with van der Waals surface area (Å²) >= 11 is 0. The van der Waals surface area contributed by atoms with Crippen LogP contribution in [0.2, 0.25) is 0 Å². The number of carbonyl (C=O) groups is 1. The summed E-state index contributed by atoms with van der Waals surface area (Å²) in [7, 11) is 0.162. The van der Waals surface area contributed by atoms with Gasteiger partial charge in [-0.2, -0.15) is 5.26 Å². The van der Waals surface area contributed by atoms with E-state index in [1.807, 2.05) is 41.4 Å². The molecule has 0 amide bonds. The summed E-state index contributed by atoms with van der Waals surface area (Å²) in [5.41, 5.74) is 1.81. The van der Waals surface area contributed by atoms with E-state index in [9.17, 15) is 10.1 Å². The largest absolute Gasteiger partial charge is 0.462 e. The van der Waals surface area contributed by atoms with Crippen LogP contribution < -0.4 is 10.1 Å². The van der Waals surface area contributed by atoms with Gasteiger partial charge in [-0.05, 0) is 47.4 Å². The minimum atomic E-state index is -0.810. The van der Waals surface area contributed by atoms with Gasteiger partial charge in [0.2, 0.25) is 0 Å². The van der Waals surface area contributed by atoms with Crippen LogP contribution >= 0.6 is 0 Å². The summed E-state index contributed by atoms with van der Waals surface area (Å²) in [4.78, 5) is 13.8. The third-order valence-electron chi connectivity index (χ3n) is 5.26. The van der Waals surface area contributed by atoms with E-state index in [0.29, 0.717) is 18.6 Å². The molecule has 5 nitrogen and oxygen atoms in total.